The Balaban J connectivity index is 1.30. The lowest BCUT2D eigenvalue weighted by Crippen LogP contribution is -2.51. The SMILES string of the molecule is COc1cccc(Cc2nsc(N(C)CC(=O)N3CCN(c4ccccc4F)CC3)n2)c1. The maximum Gasteiger partial charge on any atom is 0.242 e. The van der Waals surface area contributed by atoms with E-state index in [1.165, 1.54) is 17.6 Å². The third kappa shape index (κ3) is 5.16. The predicted molar refractivity (Wildman–Crippen MR) is 124 cm³/mol. The highest BCUT2D eigenvalue weighted by Crippen LogP contribution is 2.22. The lowest BCUT2D eigenvalue weighted by atomic mass is 10.1. The van der Waals surface area contributed by atoms with Crippen LogP contribution in [-0.2, 0) is 11.2 Å². The monoisotopic (exact) mass is 455 g/mol. The molecule has 0 spiro atoms. The van der Waals surface area contributed by atoms with Gasteiger partial charge in [0.2, 0.25) is 11.0 Å². The van der Waals surface area contributed by atoms with Crippen molar-refractivity contribution in [3.8, 4) is 5.75 Å². The van der Waals surface area contributed by atoms with Crippen LogP contribution in [0.2, 0.25) is 0 Å². The van der Waals surface area contributed by atoms with Gasteiger partial charge in [-0.2, -0.15) is 4.37 Å². The van der Waals surface area contributed by atoms with Gasteiger partial charge in [0, 0.05) is 51.2 Å². The second-order valence-corrected chi connectivity index (χ2v) is 8.43. The summed E-state index contributed by atoms with van der Waals surface area (Å²) in [4.78, 5) is 23.0. The third-order valence-electron chi connectivity index (χ3n) is 5.48. The summed E-state index contributed by atoms with van der Waals surface area (Å²) in [5.74, 6) is 1.32. The molecule has 0 N–H and O–H groups in total. The molecule has 2 heterocycles. The van der Waals surface area contributed by atoms with Crippen LogP contribution >= 0.6 is 11.5 Å². The first-order valence-corrected chi connectivity index (χ1v) is 11.2. The molecule has 0 unspecified atom stereocenters. The Morgan fingerprint density at radius 2 is 1.94 bits per heavy atom. The molecule has 9 heteroatoms. The summed E-state index contributed by atoms with van der Waals surface area (Å²) in [6.45, 7) is 2.59. The number of methoxy groups -OCH3 is 1. The number of nitrogens with zero attached hydrogens (tertiary/aromatic N) is 5. The van der Waals surface area contributed by atoms with Crippen molar-refractivity contribution in [2.45, 2.75) is 6.42 Å². The molecule has 2 aromatic carbocycles. The Morgan fingerprint density at radius 1 is 1.16 bits per heavy atom. The van der Waals surface area contributed by atoms with Crippen molar-refractivity contribution in [1.29, 1.82) is 0 Å². The van der Waals surface area contributed by atoms with E-state index >= 15 is 0 Å². The molecule has 0 atom stereocenters. The van der Waals surface area contributed by atoms with Gasteiger partial charge in [0.25, 0.3) is 0 Å². The van der Waals surface area contributed by atoms with Crippen molar-refractivity contribution in [3.05, 3.63) is 65.7 Å². The first-order chi connectivity index (χ1) is 15.5. The smallest absolute Gasteiger partial charge is 0.242 e. The van der Waals surface area contributed by atoms with Crippen LogP contribution in [0.1, 0.15) is 11.4 Å². The number of halogens is 1. The molecule has 1 aliphatic rings. The van der Waals surface area contributed by atoms with Gasteiger partial charge in [-0.15, -0.1) is 0 Å². The molecule has 0 radical (unpaired) electrons. The summed E-state index contributed by atoms with van der Waals surface area (Å²) in [6, 6.07) is 14.6. The maximum absolute atomic E-state index is 14.0. The molecule has 1 aliphatic heterocycles. The lowest BCUT2D eigenvalue weighted by molar-refractivity contribution is -0.129. The molecule has 1 aromatic heterocycles. The first kappa shape index (κ1) is 22.0. The fourth-order valence-electron chi connectivity index (χ4n) is 3.71. The van der Waals surface area contributed by atoms with E-state index in [1.54, 1.807) is 19.2 Å². The quantitative estimate of drug-likeness (QED) is 0.546. The number of aromatic nitrogens is 2. The topological polar surface area (TPSA) is 61.8 Å². The van der Waals surface area contributed by atoms with Crippen LogP contribution in [0.15, 0.2) is 48.5 Å². The van der Waals surface area contributed by atoms with E-state index in [-0.39, 0.29) is 18.3 Å². The summed E-state index contributed by atoms with van der Waals surface area (Å²) in [7, 11) is 3.49. The van der Waals surface area contributed by atoms with Crippen molar-refractivity contribution >= 4 is 28.3 Å². The van der Waals surface area contributed by atoms with Crippen molar-refractivity contribution in [3.63, 3.8) is 0 Å². The number of likely N-dealkylation sites (N-methyl/N-ethyl adjacent to an activating group) is 1. The van der Waals surface area contributed by atoms with Gasteiger partial charge in [-0.05, 0) is 29.8 Å². The van der Waals surface area contributed by atoms with Crippen molar-refractivity contribution < 1.29 is 13.9 Å². The minimum Gasteiger partial charge on any atom is -0.497 e. The number of carbonyl (C=O) groups is 1. The van der Waals surface area contributed by atoms with Gasteiger partial charge in [0.15, 0.2) is 0 Å². The zero-order valence-electron chi connectivity index (χ0n) is 18.2. The van der Waals surface area contributed by atoms with E-state index in [0.717, 1.165) is 17.1 Å². The highest BCUT2D eigenvalue weighted by Gasteiger charge is 2.24. The molecule has 1 saturated heterocycles. The number of carbonyl (C=O) groups excluding carboxylic acids is 1. The van der Waals surface area contributed by atoms with Gasteiger partial charge < -0.3 is 19.4 Å². The molecular formula is C23H26FN5O2S. The Labute approximate surface area is 191 Å². The molecule has 32 heavy (non-hydrogen) atoms. The highest BCUT2D eigenvalue weighted by atomic mass is 32.1. The summed E-state index contributed by atoms with van der Waals surface area (Å²) in [5, 5.41) is 0.709. The molecule has 0 bridgehead atoms. The van der Waals surface area contributed by atoms with Gasteiger partial charge in [-0.25, -0.2) is 9.37 Å². The maximum atomic E-state index is 14.0. The third-order valence-corrected chi connectivity index (χ3v) is 6.35. The number of rotatable bonds is 7. The summed E-state index contributed by atoms with van der Waals surface area (Å²) >= 11 is 1.29. The normalized spacial score (nSPS) is 13.8. The van der Waals surface area contributed by atoms with Crippen LogP contribution in [0.5, 0.6) is 5.75 Å². The van der Waals surface area contributed by atoms with Crippen molar-refractivity contribution in [2.75, 3.05) is 56.7 Å². The van der Waals surface area contributed by atoms with E-state index < -0.39 is 0 Å². The van der Waals surface area contributed by atoms with Gasteiger partial charge >= 0.3 is 0 Å². The number of amides is 1. The largest absolute Gasteiger partial charge is 0.497 e. The Kier molecular flexibility index (Phi) is 6.84. The van der Waals surface area contributed by atoms with Crippen molar-refractivity contribution in [1.82, 2.24) is 14.3 Å². The number of para-hydroxylation sites is 1. The molecule has 0 saturated carbocycles. The lowest BCUT2D eigenvalue weighted by Gasteiger charge is -2.36. The fourth-order valence-corrected chi connectivity index (χ4v) is 4.35. The fraction of sp³-hybridized carbons (Fsp3) is 0.348. The zero-order valence-corrected chi connectivity index (χ0v) is 19.0. The average Bonchev–Trinajstić information content (AvgIpc) is 3.28. The molecule has 1 fully saturated rings. The number of anilines is 2. The van der Waals surface area contributed by atoms with Crippen molar-refractivity contribution in [2.24, 2.45) is 0 Å². The van der Waals surface area contributed by atoms with E-state index in [2.05, 4.69) is 9.36 Å². The van der Waals surface area contributed by atoms with Crippen LogP contribution in [-0.4, -0.2) is 67.0 Å². The van der Waals surface area contributed by atoms with Gasteiger partial charge in [-0.1, -0.05) is 24.3 Å². The number of piperazine rings is 1. The highest BCUT2D eigenvalue weighted by molar-refractivity contribution is 7.09. The first-order valence-electron chi connectivity index (χ1n) is 10.5. The molecule has 0 aliphatic carbocycles. The molecule has 168 valence electrons. The van der Waals surface area contributed by atoms with E-state index in [4.69, 9.17) is 4.74 Å². The Bertz CT molecular complexity index is 1070. The minimum atomic E-state index is -0.229. The Hall–Kier alpha value is -3.20. The van der Waals surface area contributed by atoms with Gasteiger partial charge in [-0.3, -0.25) is 4.79 Å². The van der Waals surface area contributed by atoms with E-state index in [0.29, 0.717) is 43.4 Å². The average molecular weight is 456 g/mol. The number of hydrogen-bond donors (Lipinski definition) is 0. The van der Waals surface area contributed by atoms with Crippen LogP contribution in [0.4, 0.5) is 15.2 Å². The number of ether oxygens (including phenoxy) is 1. The van der Waals surface area contributed by atoms with Gasteiger partial charge in [0.1, 0.15) is 17.4 Å². The number of benzene rings is 2. The molecule has 1 amide bonds. The van der Waals surface area contributed by atoms with Crippen LogP contribution in [0.25, 0.3) is 0 Å². The van der Waals surface area contributed by atoms with E-state index in [1.807, 2.05) is 52.1 Å². The van der Waals surface area contributed by atoms with Crippen LogP contribution in [0.3, 0.4) is 0 Å². The molecule has 7 nitrogen and oxygen atoms in total. The molecule has 3 aromatic rings. The molecular weight excluding hydrogens is 429 g/mol. The molecule has 4 rings (SSSR count). The van der Waals surface area contributed by atoms with Gasteiger partial charge in [0.05, 0.1) is 19.3 Å². The van der Waals surface area contributed by atoms with E-state index in [9.17, 15) is 9.18 Å². The number of hydrogen-bond acceptors (Lipinski definition) is 7. The van der Waals surface area contributed by atoms with Crippen LogP contribution in [0, 0.1) is 5.82 Å². The summed E-state index contributed by atoms with van der Waals surface area (Å²) in [6.07, 6.45) is 0.605. The Morgan fingerprint density at radius 3 is 2.69 bits per heavy atom. The second kappa shape index (κ2) is 9.95. The zero-order chi connectivity index (χ0) is 22.5. The summed E-state index contributed by atoms with van der Waals surface area (Å²) < 4.78 is 23.7. The second-order valence-electron chi connectivity index (χ2n) is 7.70. The van der Waals surface area contributed by atoms with Crippen LogP contribution < -0.4 is 14.5 Å². The standard InChI is InChI=1S/C23H26FN5O2S/c1-27(23-25-21(26-32-23)15-17-6-5-7-18(14-17)31-2)16-22(30)29-12-10-28(11-13-29)20-9-4-3-8-19(20)24/h3-9,14H,10-13,15-16H2,1-2H3. The summed E-state index contributed by atoms with van der Waals surface area (Å²) in [5.41, 5.74) is 1.66. The minimum absolute atomic E-state index is 0.0326. The predicted octanol–water partition coefficient (Wildman–Crippen LogP) is 3.06.